The van der Waals surface area contributed by atoms with Crippen molar-refractivity contribution in [1.82, 2.24) is 4.90 Å². The summed E-state index contributed by atoms with van der Waals surface area (Å²) >= 11 is 0. The van der Waals surface area contributed by atoms with E-state index in [-0.39, 0.29) is 0 Å². The highest BCUT2D eigenvalue weighted by Gasteiger charge is 2.03. The van der Waals surface area contributed by atoms with E-state index in [1.54, 1.807) is 0 Å². The quantitative estimate of drug-likeness (QED) is 0.136. The van der Waals surface area contributed by atoms with Crippen LogP contribution in [0.1, 0.15) is 162 Å². The Morgan fingerprint density at radius 3 is 0.828 bits per heavy atom. The van der Waals surface area contributed by atoms with Crippen molar-refractivity contribution in [2.75, 3.05) is 19.6 Å². The molecule has 0 aromatic heterocycles. The molecule has 0 aromatic carbocycles. The molecule has 29 heavy (non-hydrogen) atoms. The van der Waals surface area contributed by atoms with Crippen LogP contribution in [0.5, 0.6) is 0 Å². The third-order valence-electron chi connectivity index (χ3n) is 6.45. The van der Waals surface area contributed by atoms with Crippen molar-refractivity contribution in [2.24, 2.45) is 0 Å². The van der Waals surface area contributed by atoms with E-state index in [1.165, 1.54) is 161 Å². The highest BCUT2D eigenvalue weighted by atomic mass is 15.1. The lowest BCUT2D eigenvalue weighted by atomic mass is 10.0. The van der Waals surface area contributed by atoms with Crippen molar-refractivity contribution in [1.29, 1.82) is 0 Å². The SMILES string of the molecule is CCCCCCCCCCCCCCCCN(CCC)CCCCCCCCC. The van der Waals surface area contributed by atoms with Gasteiger partial charge in [-0.1, -0.05) is 143 Å². The summed E-state index contributed by atoms with van der Waals surface area (Å²) in [6.45, 7) is 11.0. The zero-order valence-corrected chi connectivity index (χ0v) is 21.1. The van der Waals surface area contributed by atoms with Crippen molar-refractivity contribution in [3.63, 3.8) is 0 Å². The molecule has 176 valence electrons. The topological polar surface area (TPSA) is 3.24 Å². The molecule has 0 aliphatic carbocycles. The van der Waals surface area contributed by atoms with Gasteiger partial charge in [0.05, 0.1) is 0 Å². The third-order valence-corrected chi connectivity index (χ3v) is 6.45. The second-order valence-electron chi connectivity index (χ2n) is 9.56. The molecule has 0 heterocycles. The van der Waals surface area contributed by atoms with Crippen LogP contribution in [-0.2, 0) is 0 Å². The van der Waals surface area contributed by atoms with Gasteiger partial charge in [0.15, 0.2) is 0 Å². The van der Waals surface area contributed by atoms with E-state index in [9.17, 15) is 0 Å². The van der Waals surface area contributed by atoms with Gasteiger partial charge in [-0.3, -0.25) is 0 Å². The fourth-order valence-corrected chi connectivity index (χ4v) is 4.47. The van der Waals surface area contributed by atoms with Gasteiger partial charge in [-0.15, -0.1) is 0 Å². The van der Waals surface area contributed by atoms with E-state index in [0.29, 0.717) is 0 Å². The second kappa shape index (κ2) is 26.0. The van der Waals surface area contributed by atoms with Crippen molar-refractivity contribution >= 4 is 0 Å². The highest BCUT2D eigenvalue weighted by Crippen LogP contribution is 2.13. The zero-order chi connectivity index (χ0) is 21.3. The maximum absolute atomic E-state index is 2.74. The number of hydrogen-bond acceptors (Lipinski definition) is 1. The van der Waals surface area contributed by atoms with E-state index in [1.807, 2.05) is 0 Å². The van der Waals surface area contributed by atoms with E-state index < -0.39 is 0 Å². The maximum Gasteiger partial charge on any atom is -0.00187 e. The molecule has 0 aliphatic heterocycles. The Morgan fingerprint density at radius 1 is 0.276 bits per heavy atom. The molecular weight excluding hydrogens is 350 g/mol. The summed E-state index contributed by atoms with van der Waals surface area (Å²) < 4.78 is 0. The molecule has 0 saturated carbocycles. The number of rotatable bonds is 25. The molecule has 0 aromatic rings. The van der Waals surface area contributed by atoms with Crippen LogP contribution in [0.15, 0.2) is 0 Å². The minimum Gasteiger partial charge on any atom is -0.303 e. The molecule has 1 heteroatoms. The minimum absolute atomic E-state index is 1.31. The van der Waals surface area contributed by atoms with Gasteiger partial charge >= 0.3 is 0 Å². The van der Waals surface area contributed by atoms with Crippen LogP contribution in [0.2, 0.25) is 0 Å². The second-order valence-corrected chi connectivity index (χ2v) is 9.56. The van der Waals surface area contributed by atoms with Gasteiger partial charge < -0.3 is 4.90 Å². The smallest absolute Gasteiger partial charge is 0.00187 e. The molecule has 0 unspecified atom stereocenters. The first-order valence-electron chi connectivity index (χ1n) is 14.1. The number of hydrogen-bond donors (Lipinski definition) is 0. The van der Waals surface area contributed by atoms with Crippen LogP contribution in [-0.4, -0.2) is 24.5 Å². The van der Waals surface area contributed by atoms with Crippen LogP contribution >= 0.6 is 0 Å². The third kappa shape index (κ3) is 24.1. The Hall–Kier alpha value is -0.0400. The van der Waals surface area contributed by atoms with Crippen molar-refractivity contribution in [2.45, 2.75) is 162 Å². The first-order valence-corrected chi connectivity index (χ1v) is 14.1. The Kier molecular flexibility index (Phi) is 26.0. The van der Waals surface area contributed by atoms with Crippen LogP contribution in [0.3, 0.4) is 0 Å². The van der Waals surface area contributed by atoms with Gasteiger partial charge in [0.25, 0.3) is 0 Å². The van der Waals surface area contributed by atoms with Gasteiger partial charge in [0.2, 0.25) is 0 Å². The molecule has 0 spiro atoms. The molecule has 1 nitrogen and oxygen atoms in total. The minimum atomic E-state index is 1.31. The lowest BCUT2D eigenvalue weighted by molar-refractivity contribution is 0.260. The van der Waals surface area contributed by atoms with E-state index in [4.69, 9.17) is 0 Å². The lowest BCUT2D eigenvalue weighted by Crippen LogP contribution is -2.27. The molecule has 0 amide bonds. The van der Waals surface area contributed by atoms with Crippen LogP contribution < -0.4 is 0 Å². The van der Waals surface area contributed by atoms with Crippen molar-refractivity contribution in [3.8, 4) is 0 Å². The standard InChI is InChI=1S/C28H59N/c1-4-7-9-11-13-14-15-16-17-18-19-21-23-25-28-29(26-6-3)27-24-22-20-12-10-8-5-2/h4-28H2,1-3H3. The zero-order valence-electron chi connectivity index (χ0n) is 21.1. The predicted octanol–water partition coefficient (Wildman–Crippen LogP) is 9.93. The first kappa shape index (κ1) is 29.0. The first-order chi connectivity index (χ1) is 14.3. The molecular formula is C28H59N. The molecule has 0 radical (unpaired) electrons. The van der Waals surface area contributed by atoms with Crippen LogP contribution in [0.4, 0.5) is 0 Å². The van der Waals surface area contributed by atoms with Crippen LogP contribution in [0.25, 0.3) is 0 Å². The van der Waals surface area contributed by atoms with Gasteiger partial charge in [-0.05, 0) is 38.9 Å². The largest absolute Gasteiger partial charge is 0.303 e. The summed E-state index contributed by atoms with van der Waals surface area (Å²) in [5, 5.41) is 0. The summed E-state index contributed by atoms with van der Waals surface area (Å²) in [7, 11) is 0. The fraction of sp³-hybridized carbons (Fsp3) is 1.00. The predicted molar refractivity (Wildman–Crippen MR) is 135 cm³/mol. The fourth-order valence-electron chi connectivity index (χ4n) is 4.47. The van der Waals surface area contributed by atoms with Crippen LogP contribution in [0, 0.1) is 0 Å². The summed E-state index contributed by atoms with van der Waals surface area (Å²) in [6, 6.07) is 0. The number of nitrogens with zero attached hydrogens (tertiary/aromatic N) is 1. The Balaban J connectivity index is 3.35. The summed E-state index contributed by atoms with van der Waals surface area (Å²) in [5.41, 5.74) is 0. The number of unbranched alkanes of at least 4 members (excludes halogenated alkanes) is 19. The van der Waals surface area contributed by atoms with E-state index >= 15 is 0 Å². The van der Waals surface area contributed by atoms with E-state index in [0.717, 1.165) is 0 Å². The molecule has 0 fully saturated rings. The van der Waals surface area contributed by atoms with Gasteiger partial charge in [0, 0.05) is 0 Å². The van der Waals surface area contributed by atoms with Crippen molar-refractivity contribution in [3.05, 3.63) is 0 Å². The maximum atomic E-state index is 2.74. The molecule has 0 aliphatic rings. The summed E-state index contributed by atoms with van der Waals surface area (Å²) in [6.07, 6.45) is 31.8. The average molecular weight is 410 g/mol. The van der Waals surface area contributed by atoms with E-state index in [2.05, 4.69) is 25.7 Å². The monoisotopic (exact) mass is 409 g/mol. The normalized spacial score (nSPS) is 11.6. The highest BCUT2D eigenvalue weighted by molar-refractivity contribution is 4.59. The van der Waals surface area contributed by atoms with Gasteiger partial charge in [-0.25, -0.2) is 0 Å². The Bertz CT molecular complexity index is 275. The Labute approximate surface area is 186 Å². The molecule has 0 atom stereocenters. The lowest BCUT2D eigenvalue weighted by Gasteiger charge is -2.21. The summed E-state index contributed by atoms with van der Waals surface area (Å²) in [5.74, 6) is 0. The van der Waals surface area contributed by atoms with Crippen molar-refractivity contribution < 1.29 is 0 Å². The molecule has 0 N–H and O–H groups in total. The summed E-state index contributed by atoms with van der Waals surface area (Å²) in [4.78, 5) is 2.74. The molecule has 0 bridgehead atoms. The molecule has 0 saturated heterocycles. The average Bonchev–Trinajstić information content (AvgIpc) is 2.73. The molecule has 0 rings (SSSR count). The van der Waals surface area contributed by atoms with Gasteiger partial charge in [0.1, 0.15) is 0 Å². The Morgan fingerprint density at radius 2 is 0.552 bits per heavy atom. The van der Waals surface area contributed by atoms with Gasteiger partial charge in [-0.2, -0.15) is 0 Å².